The predicted octanol–water partition coefficient (Wildman–Crippen LogP) is 2.25. The van der Waals surface area contributed by atoms with Gasteiger partial charge in [0.25, 0.3) is 0 Å². The number of amides is 2. The molecule has 0 spiro atoms. The van der Waals surface area contributed by atoms with Crippen LogP contribution in [0.5, 0.6) is 0 Å². The van der Waals surface area contributed by atoms with Crippen LogP contribution in [0.1, 0.15) is 23.6 Å². The molecule has 1 N–H and O–H groups in total. The molecule has 2 heterocycles. The van der Waals surface area contributed by atoms with Gasteiger partial charge in [-0.15, -0.1) is 0 Å². The van der Waals surface area contributed by atoms with E-state index >= 15 is 0 Å². The molecule has 1 unspecified atom stereocenters. The number of pyridine rings is 1. The van der Waals surface area contributed by atoms with E-state index in [9.17, 15) is 9.59 Å². The summed E-state index contributed by atoms with van der Waals surface area (Å²) < 4.78 is 4.67. The Kier molecular flexibility index (Phi) is 5.13. The van der Waals surface area contributed by atoms with E-state index in [0.717, 1.165) is 16.8 Å². The van der Waals surface area contributed by atoms with Gasteiger partial charge < -0.3 is 15.0 Å². The molecule has 1 fully saturated rings. The Morgan fingerprint density at radius 3 is 2.88 bits per heavy atom. The second-order valence-corrected chi connectivity index (χ2v) is 5.85. The first-order chi connectivity index (χ1) is 12.6. The van der Waals surface area contributed by atoms with Gasteiger partial charge >= 0.3 is 12.0 Å². The predicted molar refractivity (Wildman–Crippen MR) is 93.9 cm³/mol. The van der Waals surface area contributed by atoms with Gasteiger partial charge in [0.15, 0.2) is 0 Å². The van der Waals surface area contributed by atoms with Crippen molar-refractivity contribution in [1.29, 1.82) is 5.26 Å². The Morgan fingerprint density at radius 2 is 2.19 bits per heavy atom. The topological polar surface area (TPSA) is 95.3 Å². The minimum Gasteiger partial charge on any atom is -0.469 e. The van der Waals surface area contributed by atoms with Gasteiger partial charge in [-0.25, -0.2) is 4.79 Å². The number of rotatable bonds is 5. The van der Waals surface area contributed by atoms with Gasteiger partial charge in [-0.05, 0) is 17.7 Å². The van der Waals surface area contributed by atoms with Gasteiger partial charge in [-0.2, -0.15) is 5.26 Å². The summed E-state index contributed by atoms with van der Waals surface area (Å²) in [6, 6.07) is 12.8. The van der Waals surface area contributed by atoms with Crippen LogP contribution in [0.25, 0.3) is 11.3 Å². The van der Waals surface area contributed by atoms with Gasteiger partial charge in [0.1, 0.15) is 6.07 Å². The Morgan fingerprint density at radius 1 is 1.38 bits per heavy atom. The van der Waals surface area contributed by atoms with Gasteiger partial charge in [0, 0.05) is 24.8 Å². The van der Waals surface area contributed by atoms with Crippen molar-refractivity contribution < 1.29 is 14.3 Å². The van der Waals surface area contributed by atoms with Crippen molar-refractivity contribution >= 4 is 12.0 Å². The van der Waals surface area contributed by atoms with Crippen LogP contribution >= 0.6 is 0 Å². The number of nitrogens with zero attached hydrogens (tertiary/aromatic N) is 3. The summed E-state index contributed by atoms with van der Waals surface area (Å²) in [6.45, 7) is 0.728. The lowest BCUT2D eigenvalue weighted by atomic mass is 9.97. The molecule has 0 radical (unpaired) electrons. The number of ether oxygens (including phenoxy) is 1. The molecule has 2 amide bonds. The Balaban J connectivity index is 1.91. The van der Waals surface area contributed by atoms with Gasteiger partial charge in [0.2, 0.25) is 0 Å². The summed E-state index contributed by atoms with van der Waals surface area (Å²) >= 11 is 0. The summed E-state index contributed by atoms with van der Waals surface area (Å²) in [7, 11) is 1.33. The second-order valence-electron chi connectivity index (χ2n) is 5.85. The molecule has 0 aliphatic carbocycles. The highest BCUT2D eigenvalue weighted by Gasteiger charge is 2.33. The fraction of sp³-hybridized carbons (Fsp3) is 0.263. The van der Waals surface area contributed by atoms with Crippen molar-refractivity contribution in [3.8, 4) is 17.3 Å². The zero-order valence-electron chi connectivity index (χ0n) is 14.3. The molecule has 3 rings (SSSR count). The van der Waals surface area contributed by atoms with Crippen LogP contribution in [0.15, 0.2) is 42.6 Å². The van der Waals surface area contributed by atoms with E-state index in [1.165, 1.54) is 13.3 Å². The van der Waals surface area contributed by atoms with Crippen LogP contribution in [0, 0.1) is 11.3 Å². The molecule has 7 heteroatoms. The maximum atomic E-state index is 12.2. The van der Waals surface area contributed by atoms with Crippen LogP contribution < -0.4 is 5.32 Å². The minimum atomic E-state index is -0.356. The van der Waals surface area contributed by atoms with E-state index in [-0.39, 0.29) is 31.0 Å². The number of carbonyl (C=O) groups excluding carboxylic acids is 2. The highest BCUT2D eigenvalue weighted by Crippen LogP contribution is 2.32. The first-order valence-corrected chi connectivity index (χ1v) is 8.20. The molecule has 0 bridgehead atoms. The summed E-state index contributed by atoms with van der Waals surface area (Å²) in [5.74, 6) is -0.356. The lowest BCUT2D eigenvalue weighted by molar-refractivity contribution is -0.140. The quantitative estimate of drug-likeness (QED) is 0.835. The third kappa shape index (κ3) is 3.49. The van der Waals surface area contributed by atoms with Crippen molar-refractivity contribution in [1.82, 2.24) is 15.2 Å². The molecule has 1 atom stereocenters. The highest BCUT2D eigenvalue weighted by molar-refractivity contribution is 5.79. The standard InChI is InChI=1S/C19H18N4O3/c1-26-18(24)8-9-23-17(12-22-19(23)25)15-5-3-2-4-14(15)16-7-6-13(10-20)11-21-16/h2-7,11,17H,8-9,12H2,1H3,(H,22,25). The van der Waals surface area contributed by atoms with E-state index in [2.05, 4.69) is 21.1 Å². The lowest BCUT2D eigenvalue weighted by Crippen LogP contribution is -2.32. The summed E-state index contributed by atoms with van der Waals surface area (Å²) in [5, 5.41) is 11.8. The molecule has 132 valence electrons. The molecule has 1 aliphatic heterocycles. The first kappa shape index (κ1) is 17.4. The fourth-order valence-electron chi connectivity index (χ4n) is 3.03. The van der Waals surface area contributed by atoms with Crippen LogP contribution in [0.4, 0.5) is 4.79 Å². The van der Waals surface area contributed by atoms with E-state index in [1.54, 1.807) is 17.0 Å². The number of methoxy groups -OCH3 is 1. The smallest absolute Gasteiger partial charge is 0.318 e. The highest BCUT2D eigenvalue weighted by atomic mass is 16.5. The van der Waals surface area contributed by atoms with E-state index in [0.29, 0.717) is 12.1 Å². The molecular formula is C19H18N4O3. The van der Waals surface area contributed by atoms with Gasteiger partial charge in [-0.3, -0.25) is 9.78 Å². The number of benzene rings is 1. The van der Waals surface area contributed by atoms with Crippen molar-refractivity contribution in [3.63, 3.8) is 0 Å². The number of hydrogen-bond donors (Lipinski definition) is 1. The number of nitrogens with one attached hydrogen (secondary N) is 1. The van der Waals surface area contributed by atoms with Crippen LogP contribution in [0.3, 0.4) is 0 Å². The normalized spacial score (nSPS) is 16.1. The van der Waals surface area contributed by atoms with E-state index in [1.807, 2.05) is 24.3 Å². The zero-order chi connectivity index (χ0) is 18.5. The molecule has 1 aromatic heterocycles. The third-order valence-corrected chi connectivity index (χ3v) is 4.36. The number of aromatic nitrogens is 1. The lowest BCUT2D eigenvalue weighted by Gasteiger charge is -2.24. The molecule has 0 saturated carbocycles. The maximum Gasteiger partial charge on any atom is 0.318 e. The number of hydrogen-bond acceptors (Lipinski definition) is 5. The third-order valence-electron chi connectivity index (χ3n) is 4.36. The SMILES string of the molecule is COC(=O)CCN1C(=O)NCC1c1ccccc1-c1ccc(C#N)cn1. The molecule has 26 heavy (non-hydrogen) atoms. The van der Waals surface area contributed by atoms with Crippen molar-refractivity contribution in [2.75, 3.05) is 20.2 Å². The Hall–Kier alpha value is -3.40. The molecular weight excluding hydrogens is 332 g/mol. The number of urea groups is 1. The monoisotopic (exact) mass is 350 g/mol. The number of carbonyl (C=O) groups is 2. The maximum absolute atomic E-state index is 12.2. The fourth-order valence-corrected chi connectivity index (χ4v) is 3.03. The van der Waals surface area contributed by atoms with Gasteiger partial charge in [0.05, 0.1) is 30.8 Å². The molecule has 1 saturated heterocycles. The molecule has 1 aromatic carbocycles. The largest absolute Gasteiger partial charge is 0.469 e. The van der Waals surface area contributed by atoms with Crippen molar-refractivity contribution in [3.05, 3.63) is 53.7 Å². The average Bonchev–Trinajstić information content (AvgIpc) is 3.06. The zero-order valence-corrected chi connectivity index (χ0v) is 14.3. The summed E-state index contributed by atoms with van der Waals surface area (Å²) in [6.07, 6.45) is 1.66. The number of nitriles is 1. The second kappa shape index (κ2) is 7.66. The summed E-state index contributed by atoms with van der Waals surface area (Å²) in [4.78, 5) is 29.7. The summed E-state index contributed by atoms with van der Waals surface area (Å²) in [5.41, 5.74) is 3.05. The minimum absolute atomic E-state index is 0.137. The molecule has 1 aliphatic rings. The van der Waals surface area contributed by atoms with Crippen molar-refractivity contribution in [2.45, 2.75) is 12.5 Å². The Bertz CT molecular complexity index is 858. The molecule has 7 nitrogen and oxygen atoms in total. The van der Waals surface area contributed by atoms with E-state index in [4.69, 9.17) is 5.26 Å². The van der Waals surface area contributed by atoms with Crippen LogP contribution in [0.2, 0.25) is 0 Å². The number of esters is 1. The van der Waals surface area contributed by atoms with Crippen LogP contribution in [-0.2, 0) is 9.53 Å². The molecule has 2 aromatic rings. The first-order valence-electron chi connectivity index (χ1n) is 8.20. The van der Waals surface area contributed by atoms with Crippen LogP contribution in [-0.4, -0.2) is 42.1 Å². The Labute approximate surface area is 151 Å². The van der Waals surface area contributed by atoms with E-state index < -0.39 is 0 Å². The van der Waals surface area contributed by atoms with Gasteiger partial charge in [-0.1, -0.05) is 24.3 Å². The average molecular weight is 350 g/mol. The van der Waals surface area contributed by atoms with Crippen molar-refractivity contribution in [2.24, 2.45) is 0 Å².